The molecule has 0 spiro atoms. The van der Waals surface area contributed by atoms with Crippen LogP contribution in [0.3, 0.4) is 0 Å². The topological polar surface area (TPSA) is 78.5 Å². The molecule has 0 radical (unpaired) electrons. The van der Waals surface area contributed by atoms with Crippen molar-refractivity contribution in [2.24, 2.45) is 5.92 Å². The SMILES string of the molecule is CC(=O)NCCNC(=O)[C@H]1CC(=O)N(c2cccc(C(C)C)c2)C1. The molecular weight excluding hydrogens is 306 g/mol. The van der Waals surface area contributed by atoms with Gasteiger partial charge in [0, 0.05) is 38.7 Å². The predicted octanol–water partition coefficient (Wildman–Crippen LogP) is 1.42. The van der Waals surface area contributed by atoms with E-state index in [0.29, 0.717) is 25.6 Å². The fraction of sp³-hybridized carbons (Fsp3) is 0.500. The molecule has 3 amide bonds. The van der Waals surface area contributed by atoms with Crippen molar-refractivity contribution in [3.05, 3.63) is 29.8 Å². The zero-order chi connectivity index (χ0) is 17.7. The lowest BCUT2D eigenvalue weighted by atomic mass is 10.0. The maximum absolute atomic E-state index is 12.3. The van der Waals surface area contributed by atoms with Crippen LogP contribution < -0.4 is 15.5 Å². The first-order valence-corrected chi connectivity index (χ1v) is 8.31. The van der Waals surface area contributed by atoms with Crippen LogP contribution in [0.4, 0.5) is 5.69 Å². The molecule has 6 nitrogen and oxygen atoms in total. The molecule has 0 unspecified atom stereocenters. The highest BCUT2D eigenvalue weighted by atomic mass is 16.2. The van der Waals surface area contributed by atoms with Gasteiger partial charge in [0.25, 0.3) is 0 Å². The van der Waals surface area contributed by atoms with Crippen molar-refractivity contribution in [3.63, 3.8) is 0 Å². The Morgan fingerprint density at radius 1 is 1.25 bits per heavy atom. The van der Waals surface area contributed by atoms with E-state index in [1.807, 2.05) is 24.3 Å². The van der Waals surface area contributed by atoms with Crippen molar-refractivity contribution in [2.75, 3.05) is 24.5 Å². The van der Waals surface area contributed by atoms with Gasteiger partial charge in [0.2, 0.25) is 17.7 Å². The summed E-state index contributed by atoms with van der Waals surface area (Å²) in [7, 11) is 0. The summed E-state index contributed by atoms with van der Waals surface area (Å²) in [6.45, 7) is 6.80. The van der Waals surface area contributed by atoms with Gasteiger partial charge >= 0.3 is 0 Å². The van der Waals surface area contributed by atoms with Crippen LogP contribution in [0.15, 0.2) is 24.3 Å². The van der Waals surface area contributed by atoms with Crippen molar-refractivity contribution < 1.29 is 14.4 Å². The lowest BCUT2D eigenvalue weighted by Crippen LogP contribution is -2.37. The van der Waals surface area contributed by atoms with Gasteiger partial charge in [-0.1, -0.05) is 26.0 Å². The van der Waals surface area contributed by atoms with E-state index in [1.54, 1.807) is 4.90 Å². The van der Waals surface area contributed by atoms with Gasteiger partial charge in [-0.15, -0.1) is 0 Å². The third kappa shape index (κ3) is 4.57. The third-order valence-corrected chi connectivity index (χ3v) is 4.14. The molecule has 6 heteroatoms. The quantitative estimate of drug-likeness (QED) is 0.774. The van der Waals surface area contributed by atoms with Gasteiger partial charge in [0.05, 0.1) is 5.92 Å². The predicted molar refractivity (Wildman–Crippen MR) is 92.7 cm³/mol. The number of hydrogen-bond donors (Lipinski definition) is 2. The average Bonchev–Trinajstić information content (AvgIpc) is 2.93. The number of hydrogen-bond acceptors (Lipinski definition) is 3. The highest BCUT2D eigenvalue weighted by Gasteiger charge is 2.35. The summed E-state index contributed by atoms with van der Waals surface area (Å²) in [6.07, 6.45) is 0.220. The minimum Gasteiger partial charge on any atom is -0.355 e. The number of amides is 3. The number of benzene rings is 1. The number of nitrogens with one attached hydrogen (secondary N) is 2. The standard InChI is InChI=1S/C18H25N3O3/c1-12(2)14-5-4-6-16(9-14)21-11-15(10-17(21)23)18(24)20-8-7-19-13(3)22/h4-6,9,12,15H,7-8,10-11H2,1-3H3,(H,19,22)(H,20,24)/t15-/m0/s1. The summed E-state index contributed by atoms with van der Waals surface area (Å²) in [5, 5.41) is 5.39. The third-order valence-electron chi connectivity index (χ3n) is 4.14. The lowest BCUT2D eigenvalue weighted by Gasteiger charge is -2.18. The Morgan fingerprint density at radius 2 is 1.96 bits per heavy atom. The summed E-state index contributed by atoms with van der Waals surface area (Å²) in [4.78, 5) is 36.9. The second-order valence-corrected chi connectivity index (χ2v) is 6.43. The molecule has 0 bridgehead atoms. The summed E-state index contributed by atoms with van der Waals surface area (Å²) >= 11 is 0. The maximum atomic E-state index is 12.3. The molecule has 2 rings (SSSR count). The van der Waals surface area contributed by atoms with E-state index in [1.165, 1.54) is 12.5 Å². The number of rotatable bonds is 6. The Morgan fingerprint density at radius 3 is 2.62 bits per heavy atom. The number of carbonyl (C=O) groups is 3. The highest BCUT2D eigenvalue weighted by molar-refractivity contribution is 6.00. The monoisotopic (exact) mass is 331 g/mol. The summed E-state index contributed by atoms with van der Waals surface area (Å²) in [5.74, 6) is -0.265. The molecule has 0 aliphatic carbocycles. The van der Waals surface area contributed by atoms with Crippen molar-refractivity contribution in [1.82, 2.24) is 10.6 Å². The number of anilines is 1. The summed E-state index contributed by atoms with van der Waals surface area (Å²) in [6, 6.07) is 7.90. The Bertz CT molecular complexity index is 628. The molecule has 1 heterocycles. The van der Waals surface area contributed by atoms with Crippen LogP contribution in [-0.2, 0) is 14.4 Å². The fourth-order valence-electron chi connectivity index (χ4n) is 2.75. The fourth-order valence-corrected chi connectivity index (χ4v) is 2.75. The average molecular weight is 331 g/mol. The molecule has 1 saturated heterocycles. The molecule has 1 aliphatic rings. The summed E-state index contributed by atoms with van der Waals surface area (Å²) in [5.41, 5.74) is 2.02. The Kier molecular flexibility index (Phi) is 5.95. The van der Waals surface area contributed by atoms with Gasteiger partial charge in [0.15, 0.2) is 0 Å². The van der Waals surface area contributed by atoms with Crippen LogP contribution in [0.2, 0.25) is 0 Å². The smallest absolute Gasteiger partial charge is 0.227 e. The van der Waals surface area contributed by atoms with Crippen LogP contribution in [0.25, 0.3) is 0 Å². The van der Waals surface area contributed by atoms with E-state index < -0.39 is 0 Å². The first-order chi connectivity index (χ1) is 11.4. The van der Waals surface area contributed by atoms with Gasteiger partial charge in [0.1, 0.15) is 0 Å². The molecule has 1 fully saturated rings. The molecule has 0 saturated carbocycles. The van der Waals surface area contributed by atoms with Crippen LogP contribution in [0.1, 0.15) is 38.7 Å². The lowest BCUT2D eigenvalue weighted by molar-refractivity contribution is -0.126. The van der Waals surface area contributed by atoms with E-state index in [9.17, 15) is 14.4 Å². The van der Waals surface area contributed by atoms with E-state index >= 15 is 0 Å². The Hall–Kier alpha value is -2.37. The van der Waals surface area contributed by atoms with Crippen LogP contribution in [-0.4, -0.2) is 37.4 Å². The molecule has 1 aromatic rings. The largest absolute Gasteiger partial charge is 0.355 e. The Labute approximate surface area is 142 Å². The zero-order valence-corrected chi connectivity index (χ0v) is 14.5. The van der Waals surface area contributed by atoms with Crippen LogP contribution in [0.5, 0.6) is 0 Å². The number of carbonyl (C=O) groups excluding carboxylic acids is 3. The van der Waals surface area contributed by atoms with Gasteiger partial charge in [-0.2, -0.15) is 0 Å². The Balaban J connectivity index is 1.94. The second-order valence-electron chi connectivity index (χ2n) is 6.43. The number of nitrogens with zero attached hydrogens (tertiary/aromatic N) is 1. The van der Waals surface area contributed by atoms with Crippen LogP contribution in [0, 0.1) is 5.92 Å². The van der Waals surface area contributed by atoms with Crippen molar-refractivity contribution in [3.8, 4) is 0 Å². The van der Waals surface area contributed by atoms with Gasteiger partial charge in [-0.05, 0) is 23.6 Å². The molecule has 0 aromatic heterocycles. The molecule has 1 aliphatic heterocycles. The van der Waals surface area contributed by atoms with E-state index in [4.69, 9.17) is 0 Å². The van der Waals surface area contributed by atoms with Crippen molar-refractivity contribution in [2.45, 2.75) is 33.1 Å². The van der Waals surface area contributed by atoms with E-state index in [2.05, 4.69) is 24.5 Å². The molecule has 1 aromatic carbocycles. The molecular formula is C18H25N3O3. The second kappa shape index (κ2) is 7.95. The van der Waals surface area contributed by atoms with E-state index in [-0.39, 0.29) is 30.1 Å². The minimum atomic E-state index is -0.350. The highest BCUT2D eigenvalue weighted by Crippen LogP contribution is 2.27. The summed E-state index contributed by atoms with van der Waals surface area (Å²) < 4.78 is 0. The first kappa shape index (κ1) is 18.0. The zero-order valence-electron chi connectivity index (χ0n) is 14.5. The van der Waals surface area contributed by atoms with Crippen molar-refractivity contribution >= 4 is 23.4 Å². The van der Waals surface area contributed by atoms with Crippen molar-refractivity contribution in [1.29, 1.82) is 0 Å². The molecule has 130 valence electrons. The van der Waals surface area contributed by atoms with Crippen LogP contribution >= 0.6 is 0 Å². The molecule has 1 atom stereocenters. The van der Waals surface area contributed by atoms with Gasteiger partial charge in [-0.25, -0.2) is 0 Å². The normalized spacial score (nSPS) is 17.2. The van der Waals surface area contributed by atoms with E-state index in [0.717, 1.165) is 5.69 Å². The maximum Gasteiger partial charge on any atom is 0.227 e. The first-order valence-electron chi connectivity index (χ1n) is 8.31. The molecule has 24 heavy (non-hydrogen) atoms. The molecule has 2 N–H and O–H groups in total. The van der Waals surface area contributed by atoms with Gasteiger partial charge < -0.3 is 15.5 Å². The van der Waals surface area contributed by atoms with Gasteiger partial charge in [-0.3, -0.25) is 14.4 Å². The minimum absolute atomic E-state index is 0.0297.